The molecule has 1 aliphatic rings. The first-order valence-electron chi connectivity index (χ1n) is 5.88. The van der Waals surface area contributed by atoms with Crippen LogP contribution in [-0.4, -0.2) is 4.57 Å². The summed E-state index contributed by atoms with van der Waals surface area (Å²) in [6, 6.07) is 9.12. The highest BCUT2D eigenvalue weighted by Crippen LogP contribution is 2.31. The molecule has 0 saturated heterocycles. The van der Waals surface area contributed by atoms with Crippen LogP contribution in [0.15, 0.2) is 24.3 Å². The first-order valence-corrected chi connectivity index (χ1v) is 5.88. The summed E-state index contributed by atoms with van der Waals surface area (Å²) in [6.45, 7) is 5.76. The highest BCUT2D eigenvalue weighted by Gasteiger charge is 2.16. The number of aromatic nitrogens is 1. The van der Waals surface area contributed by atoms with Crippen molar-refractivity contribution in [3.05, 3.63) is 35.5 Å². The molecule has 1 aliphatic heterocycles. The van der Waals surface area contributed by atoms with Crippen LogP contribution < -0.4 is 0 Å². The molecule has 15 heavy (non-hydrogen) atoms. The SMILES string of the molecule is CC(C)c1cccc2c1cc1n2CCC1. The van der Waals surface area contributed by atoms with E-state index in [1.54, 1.807) is 0 Å². The molecule has 0 atom stereocenters. The van der Waals surface area contributed by atoms with Crippen molar-refractivity contribution in [2.75, 3.05) is 0 Å². The number of nitrogens with zero attached hydrogens (tertiary/aromatic N) is 1. The maximum atomic E-state index is 2.49. The summed E-state index contributed by atoms with van der Waals surface area (Å²) in [7, 11) is 0. The number of fused-ring (bicyclic) bond motifs is 3. The van der Waals surface area contributed by atoms with Crippen molar-refractivity contribution in [2.45, 2.75) is 39.2 Å². The Morgan fingerprint density at radius 1 is 1.27 bits per heavy atom. The minimum Gasteiger partial charge on any atom is -0.345 e. The van der Waals surface area contributed by atoms with Crippen molar-refractivity contribution in [2.24, 2.45) is 0 Å². The predicted octanol–water partition coefficient (Wildman–Crippen LogP) is 3.71. The summed E-state index contributed by atoms with van der Waals surface area (Å²) < 4.78 is 2.49. The second kappa shape index (κ2) is 3.13. The Bertz CT molecular complexity index is 505. The topological polar surface area (TPSA) is 4.93 Å². The second-order valence-electron chi connectivity index (χ2n) is 4.83. The minimum atomic E-state index is 0.622. The number of benzene rings is 1. The van der Waals surface area contributed by atoms with Gasteiger partial charge in [-0.3, -0.25) is 0 Å². The summed E-state index contributed by atoms with van der Waals surface area (Å²) in [5.74, 6) is 0.622. The van der Waals surface area contributed by atoms with E-state index in [-0.39, 0.29) is 0 Å². The lowest BCUT2D eigenvalue weighted by molar-refractivity contribution is 0.771. The normalized spacial score (nSPS) is 15.1. The highest BCUT2D eigenvalue weighted by molar-refractivity contribution is 5.85. The molecule has 0 bridgehead atoms. The van der Waals surface area contributed by atoms with E-state index in [9.17, 15) is 0 Å². The van der Waals surface area contributed by atoms with E-state index in [0.29, 0.717) is 5.92 Å². The average molecular weight is 199 g/mol. The minimum absolute atomic E-state index is 0.622. The van der Waals surface area contributed by atoms with E-state index in [0.717, 1.165) is 0 Å². The summed E-state index contributed by atoms with van der Waals surface area (Å²) in [5.41, 5.74) is 4.46. The van der Waals surface area contributed by atoms with E-state index >= 15 is 0 Å². The lowest BCUT2D eigenvalue weighted by atomic mass is 9.99. The van der Waals surface area contributed by atoms with Crippen molar-refractivity contribution in [3.8, 4) is 0 Å². The molecule has 3 rings (SSSR count). The van der Waals surface area contributed by atoms with Gasteiger partial charge in [-0.2, -0.15) is 0 Å². The largest absolute Gasteiger partial charge is 0.345 e. The first kappa shape index (κ1) is 9.02. The van der Waals surface area contributed by atoms with E-state index < -0.39 is 0 Å². The summed E-state index contributed by atoms with van der Waals surface area (Å²) in [6.07, 6.45) is 2.57. The van der Waals surface area contributed by atoms with Crippen LogP contribution in [0.2, 0.25) is 0 Å². The molecular weight excluding hydrogens is 182 g/mol. The molecular formula is C14H17N. The fourth-order valence-electron chi connectivity index (χ4n) is 2.76. The Balaban J connectivity index is 2.33. The number of aryl methyl sites for hydroxylation is 2. The van der Waals surface area contributed by atoms with E-state index in [1.807, 2.05) is 0 Å². The Labute approximate surface area is 90.7 Å². The summed E-state index contributed by atoms with van der Waals surface area (Å²) in [4.78, 5) is 0. The molecule has 1 nitrogen and oxygen atoms in total. The lowest BCUT2D eigenvalue weighted by Crippen LogP contribution is -1.92. The van der Waals surface area contributed by atoms with Crippen molar-refractivity contribution >= 4 is 10.9 Å². The van der Waals surface area contributed by atoms with Gasteiger partial charge in [-0.1, -0.05) is 26.0 Å². The monoisotopic (exact) mass is 199 g/mol. The molecule has 0 fully saturated rings. The van der Waals surface area contributed by atoms with Crippen LogP contribution in [0.5, 0.6) is 0 Å². The molecule has 0 unspecified atom stereocenters. The van der Waals surface area contributed by atoms with Crippen LogP contribution in [0.3, 0.4) is 0 Å². The van der Waals surface area contributed by atoms with Crippen LogP contribution >= 0.6 is 0 Å². The smallest absolute Gasteiger partial charge is 0.0485 e. The van der Waals surface area contributed by atoms with Crippen LogP contribution in [0.25, 0.3) is 10.9 Å². The molecule has 0 radical (unpaired) electrons. The molecule has 2 heterocycles. The van der Waals surface area contributed by atoms with Gasteiger partial charge in [-0.25, -0.2) is 0 Å². The van der Waals surface area contributed by atoms with Gasteiger partial charge in [0.2, 0.25) is 0 Å². The van der Waals surface area contributed by atoms with E-state index in [1.165, 1.54) is 41.5 Å². The van der Waals surface area contributed by atoms with Gasteiger partial charge in [0, 0.05) is 23.1 Å². The summed E-state index contributed by atoms with van der Waals surface area (Å²) in [5, 5.41) is 1.47. The third-order valence-corrected chi connectivity index (χ3v) is 3.50. The molecule has 0 amide bonds. The number of hydrogen-bond acceptors (Lipinski definition) is 0. The maximum Gasteiger partial charge on any atom is 0.0485 e. The van der Waals surface area contributed by atoms with Crippen molar-refractivity contribution in [1.29, 1.82) is 0 Å². The molecule has 0 N–H and O–H groups in total. The Hall–Kier alpha value is -1.24. The average Bonchev–Trinajstić information content (AvgIpc) is 2.75. The van der Waals surface area contributed by atoms with Crippen LogP contribution in [-0.2, 0) is 13.0 Å². The van der Waals surface area contributed by atoms with Crippen molar-refractivity contribution < 1.29 is 0 Å². The molecule has 78 valence electrons. The first-order chi connectivity index (χ1) is 7.27. The van der Waals surface area contributed by atoms with Gasteiger partial charge in [0.25, 0.3) is 0 Å². The zero-order chi connectivity index (χ0) is 10.4. The molecule has 0 spiro atoms. The molecule has 2 aromatic rings. The summed E-state index contributed by atoms with van der Waals surface area (Å²) >= 11 is 0. The van der Waals surface area contributed by atoms with Crippen LogP contribution in [0, 0.1) is 0 Å². The predicted molar refractivity (Wildman–Crippen MR) is 64.3 cm³/mol. The maximum absolute atomic E-state index is 2.49. The lowest BCUT2D eigenvalue weighted by Gasteiger charge is -2.07. The second-order valence-corrected chi connectivity index (χ2v) is 4.83. The van der Waals surface area contributed by atoms with E-state index in [4.69, 9.17) is 0 Å². The molecule has 1 aromatic carbocycles. The van der Waals surface area contributed by atoms with Crippen molar-refractivity contribution in [1.82, 2.24) is 4.57 Å². The van der Waals surface area contributed by atoms with Gasteiger partial charge in [-0.15, -0.1) is 0 Å². The van der Waals surface area contributed by atoms with Crippen molar-refractivity contribution in [3.63, 3.8) is 0 Å². The van der Waals surface area contributed by atoms with Gasteiger partial charge >= 0.3 is 0 Å². The number of rotatable bonds is 1. The Morgan fingerprint density at radius 2 is 2.13 bits per heavy atom. The Morgan fingerprint density at radius 3 is 2.93 bits per heavy atom. The van der Waals surface area contributed by atoms with E-state index in [2.05, 4.69) is 42.7 Å². The molecule has 1 heteroatoms. The third-order valence-electron chi connectivity index (χ3n) is 3.50. The van der Waals surface area contributed by atoms with Gasteiger partial charge in [0.05, 0.1) is 0 Å². The van der Waals surface area contributed by atoms with Crippen LogP contribution in [0.1, 0.15) is 37.4 Å². The van der Waals surface area contributed by atoms with Crippen LogP contribution in [0.4, 0.5) is 0 Å². The zero-order valence-electron chi connectivity index (χ0n) is 9.46. The zero-order valence-corrected chi connectivity index (χ0v) is 9.46. The van der Waals surface area contributed by atoms with Gasteiger partial charge in [0.15, 0.2) is 0 Å². The standard InChI is InChI=1S/C14H17N/c1-10(2)12-6-3-7-14-13(12)9-11-5-4-8-15(11)14/h3,6-7,9-10H,4-5,8H2,1-2H3. The Kier molecular flexibility index (Phi) is 1.88. The molecule has 0 aliphatic carbocycles. The third kappa shape index (κ3) is 1.22. The fraction of sp³-hybridized carbons (Fsp3) is 0.429. The highest BCUT2D eigenvalue weighted by atomic mass is 15.0. The quantitative estimate of drug-likeness (QED) is 0.659. The van der Waals surface area contributed by atoms with Gasteiger partial charge in [-0.05, 0) is 36.5 Å². The molecule has 1 aromatic heterocycles. The number of hydrogen-bond donors (Lipinski definition) is 0. The van der Waals surface area contributed by atoms with Gasteiger partial charge < -0.3 is 4.57 Å². The fourth-order valence-corrected chi connectivity index (χ4v) is 2.76. The molecule has 0 saturated carbocycles. The van der Waals surface area contributed by atoms with Gasteiger partial charge in [0.1, 0.15) is 0 Å².